The number of ether oxygens (including phenoxy) is 7. The van der Waals surface area contributed by atoms with Crippen molar-refractivity contribution < 1.29 is 88.6 Å². The summed E-state index contributed by atoms with van der Waals surface area (Å²) >= 11 is 0. The summed E-state index contributed by atoms with van der Waals surface area (Å²) in [6, 6.07) is 7.27. The molecule has 0 saturated carbocycles. The van der Waals surface area contributed by atoms with Gasteiger partial charge < -0.3 is 88.6 Å². The van der Waals surface area contributed by atoms with Crippen LogP contribution < -0.4 is 19.6 Å². The summed E-state index contributed by atoms with van der Waals surface area (Å²) < 4.78 is 46.9. The molecule has 0 bridgehead atoms. The van der Waals surface area contributed by atoms with Gasteiger partial charge in [-0.1, -0.05) is 11.6 Å². The van der Waals surface area contributed by atoms with Gasteiger partial charge in [0.15, 0.2) is 18.2 Å². The molecule has 0 amide bonds. The van der Waals surface area contributed by atoms with Crippen molar-refractivity contribution in [2.24, 2.45) is 0 Å². The largest absolute Gasteiger partial charge is 0.507 e. The zero-order valence-corrected chi connectivity index (χ0v) is 32.2. The summed E-state index contributed by atoms with van der Waals surface area (Å²) in [6.07, 6.45) is -22.2. The molecule has 2 aromatic carbocycles. The van der Waals surface area contributed by atoms with E-state index in [0.717, 1.165) is 11.6 Å². The second kappa shape index (κ2) is 17.7. The lowest BCUT2D eigenvalue weighted by molar-refractivity contribution is -0.352. The maximum atomic E-state index is 14.7. The number of aliphatic hydroxyl groups is 9. The first kappa shape index (κ1) is 43.6. The van der Waals surface area contributed by atoms with Crippen LogP contribution >= 0.6 is 0 Å². The molecule has 1 aromatic heterocycles. The van der Waals surface area contributed by atoms with E-state index >= 15 is 0 Å². The molecule has 10 N–H and O–H groups in total. The number of rotatable bonds is 11. The number of allylic oxidation sites excluding steroid dienone is 2. The van der Waals surface area contributed by atoms with Gasteiger partial charge in [0.1, 0.15) is 83.2 Å². The van der Waals surface area contributed by atoms with E-state index in [9.17, 15) is 55.9 Å². The number of benzene rings is 2. The van der Waals surface area contributed by atoms with Crippen LogP contribution in [0.15, 0.2) is 51.2 Å². The Kier molecular flexibility index (Phi) is 13.3. The van der Waals surface area contributed by atoms with E-state index in [1.54, 1.807) is 18.2 Å². The SMILES string of the molecule is COc1ccc(-c2oc3c(CC=C(C)C)c(O[C@H]4O[C@@H](CO)[C@H](O)[C@H](O)[C@@H]4O)cc(O)c3c(=O)c2O[C@H]2O[C@@H](C)[C@H](O)[C@H](O)[C@@H]2O[C@@H]2O[C@@H](C)[C@H](O)[C@H](O)[C@@H]2O)cc1. The van der Waals surface area contributed by atoms with Crippen LogP contribution in [0.1, 0.15) is 33.3 Å². The number of aromatic hydroxyl groups is 1. The van der Waals surface area contributed by atoms with Crippen molar-refractivity contribution in [3.63, 3.8) is 0 Å². The van der Waals surface area contributed by atoms with E-state index in [4.69, 9.17) is 37.6 Å². The van der Waals surface area contributed by atoms with Crippen molar-refractivity contribution in [3.05, 3.63) is 57.8 Å². The highest BCUT2D eigenvalue weighted by Crippen LogP contribution is 2.42. The maximum Gasteiger partial charge on any atom is 0.239 e. The number of hydrogen-bond donors (Lipinski definition) is 10. The molecule has 0 unspecified atom stereocenters. The fourth-order valence-electron chi connectivity index (χ4n) is 6.93. The second-order valence-electron chi connectivity index (χ2n) is 14.8. The minimum atomic E-state index is -1.83. The standard InChI is InChI=1S/C39H50O19/c1-14(2)6-11-19-21(54-38-32(50)29(47)26(44)22(13-40)55-38)12-20(41)23-27(45)35(33(56-34(19)23)17-7-9-18(51-5)10-8-17)57-39-36(30(48)25(43)16(4)53-39)58-37-31(49)28(46)24(42)15(3)52-37/h6-10,12,15-16,22,24-26,28-32,36-44,46-50H,11,13H2,1-5H3/t15-,16-,22-,24-,25-,26-,28-,29-,30-,31-,32-,36-,37-,38-,39+/m0/s1. The summed E-state index contributed by atoms with van der Waals surface area (Å²) in [5.74, 6) is -1.22. The van der Waals surface area contributed by atoms with Gasteiger partial charge in [0.25, 0.3) is 0 Å². The number of phenolic OH excluding ortho intramolecular Hbond substituents is 1. The highest BCUT2D eigenvalue weighted by Gasteiger charge is 2.51. The predicted octanol–water partition coefficient (Wildman–Crippen LogP) is -1.08. The lowest BCUT2D eigenvalue weighted by atomic mass is 9.98. The lowest BCUT2D eigenvalue weighted by Crippen LogP contribution is -2.63. The summed E-state index contributed by atoms with van der Waals surface area (Å²) in [7, 11) is 1.45. The predicted molar refractivity (Wildman–Crippen MR) is 198 cm³/mol. The van der Waals surface area contributed by atoms with Crippen molar-refractivity contribution in [3.8, 4) is 34.3 Å². The average Bonchev–Trinajstić information content (AvgIpc) is 3.20. The van der Waals surface area contributed by atoms with E-state index in [-0.39, 0.29) is 34.6 Å². The van der Waals surface area contributed by atoms with Gasteiger partial charge in [-0.25, -0.2) is 0 Å². The van der Waals surface area contributed by atoms with Crippen LogP contribution in [0.4, 0.5) is 0 Å². The van der Waals surface area contributed by atoms with Crippen molar-refractivity contribution >= 4 is 11.0 Å². The van der Waals surface area contributed by atoms with E-state index in [2.05, 4.69) is 0 Å². The molecule has 4 heterocycles. The first-order valence-corrected chi connectivity index (χ1v) is 18.6. The Morgan fingerprint density at radius 3 is 1.98 bits per heavy atom. The minimum Gasteiger partial charge on any atom is -0.507 e. The molecule has 0 aliphatic carbocycles. The topological polar surface area (TPSA) is 297 Å². The molecule has 15 atom stereocenters. The van der Waals surface area contributed by atoms with E-state index < -0.39 is 121 Å². The van der Waals surface area contributed by atoms with Gasteiger partial charge in [0, 0.05) is 17.2 Å². The van der Waals surface area contributed by atoms with Crippen molar-refractivity contribution in [1.82, 2.24) is 0 Å². The van der Waals surface area contributed by atoms with Gasteiger partial charge in [-0.2, -0.15) is 0 Å². The first-order valence-electron chi connectivity index (χ1n) is 18.6. The Bertz CT molecular complexity index is 1980. The maximum absolute atomic E-state index is 14.7. The Balaban J connectivity index is 1.50. The van der Waals surface area contributed by atoms with Crippen LogP contribution in [0, 0.1) is 0 Å². The van der Waals surface area contributed by atoms with Crippen LogP contribution in [0.25, 0.3) is 22.3 Å². The molecular weight excluding hydrogens is 772 g/mol. The van der Waals surface area contributed by atoms with Gasteiger partial charge >= 0.3 is 0 Å². The number of phenols is 1. The Morgan fingerprint density at radius 1 is 0.759 bits per heavy atom. The first-order chi connectivity index (χ1) is 27.5. The van der Waals surface area contributed by atoms with Gasteiger partial charge in [-0.3, -0.25) is 4.79 Å². The molecule has 3 saturated heterocycles. The van der Waals surface area contributed by atoms with Gasteiger partial charge in [0.05, 0.1) is 25.9 Å². The molecular formula is C39H50O19. The average molecular weight is 823 g/mol. The number of aliphatic hydroxyl groups excluding tert-OH is 9. The van der Waals surface area contributed by atoms with Gasteiger partial charge in [0.2, 0.25) is 23.8 Å². The third kappa shape index (κ3) is 8.41. The van der Waals surface area contributed by atoms with Crippen LogP contribution in [0.3, 0.4) is 0 Å². The van der Waals surface area contributed by atoms with Crippen molar-refractivity contribution in [2.45, 2.75) is 126 Å². The van der Waals surface area contributed by atoms with Crippen LogP contribution in [-0.4, -0.2) is 157 Å². The van der Waals surface area contributed by atoms with E-state index in [1.165, 1.54) is 33.1 Å². The molecule has 58 heavy (non-hydrogen) atoms. The molecule has 19 heteroatoms. The fraction of sp³-hybridized carbons (Fsp3) is 0.564. The fourth-order valence-corrected chi connectivity index (χ4v) is 6.93. The van der Waals surface area contributed by atoms with Crippen LogP contribution in [0.2, 0.25) is 0 Å². The normalized spacial score (nSPS) is 35.4. The highest BCUT2D eigenvalue weighted by molar-refractivity contribution is 5.91. The quantitative estimate of drug-likeness (QED) is 0.103. The van der Waals surface area contributed by atoms with Crippen molar-refractivity contribution in [1.29, 1.82) is 0 Å². The molecule has 0 radical (unpaired) electrons. The molecule has 320 valence electrons. The molecule has 3 aliphatic rings. The molecule has 19 nitrogen and oxygen atoms in total. The summed E-state index contributed by atoms with van der Waals surface area (Å²) in [6.45, 7) is 5.71. The number of hydrogen-bond acceptors (Lipinski definition) is 19. The molecule has 3 aromatic rings. The Hall–Kier alpha value is -3.93. The lowest BCUT2D eigenvalue weighted by Gasteiger charge is -2.45. The smallest absolute Gasteiger partial charge is 0.239 e. The number of methoxy groups -OCH3 is 1. The molecule has 0 spiro atoms. The Morgan fingerprint density at radius 2 is 1.36 bits per heavy atom. The minimum absolute atomic E-state index is 0.0169. The highest BCUT2D eigenvalue weighted by atomic mass is 16.8. The van der Waals surface area contributed by atoms with Crippen LogP contribution in [0.5, 0.6) is 23.0 Å². The molecule has 3 aliphatic heterocycles. The van der Waals surface area contributed by atoms with Crippen molar-refractivity contribution in [2.75, 3.05) is 13.7 Å². The zero-order chi connectivity index (χ0) is 42.3. The number of fused-ring (bicyclic) bond motifs is 1. The Labute approximate surface area is 331 Å². The van der Waals surface area contributed by atoms with Gasteiger partial charge in [-0.05, 0) is 58.4 Å². The molecule has 6 rings (SSSR count). The second-order valence-corrected chi connectivity index (χ2v) is 14.8. The third-order valence-corrected chi connectivity index (χ3v) is 10.4. The molecule has 3 fully saturated rings. The third-order valence-electron chi connectivity index (χ3n) is 10.4. The summed E-state index contributed by atoms with van der Waals surface area (Å²) in [4.78, 5) is 14.7. The summed E-state index contributed by atoms with van der Waals surface area (Å²) in [5.41, 5.74) is 0.0592. The zero-order valence-electron chi connectivity index (χ0n) is 32.2. The van der Waals surface area contributed by atoms with E-state index in [0.29, 0.717) is 5.75 Å². The van der Waals surface area contributed by atoms with Gasteiger partial charge in [-0.15, -0.1) is 0 Å². The summed E-state index contributed by atoms with van der Waals surface area (Å²) in [5, 5.41) is 106. The monoisotopic (exact) mass is 822 g/mol. The van der Waals surface area contributed by atoms with E-state index in [1.807, 2.05) is 13.8 Å². The van der Waals surface area contributed by atoms with Crippen LogP contribution in [-0.2, 0) is 25.4 Å².